The highest BCUT2D eigenvalue weighted by molar-refractivity contribution is 7.87. The van der Waals surface area contributed by atoms with Crippen LogP contribution in [-0.4, -0.2) is 75.6 Å². The molecule has 0 spiro atoms. The van der Waals surface area contributed by atoms with Crippen LogP contribution in [0.15, 0.2) is 0 Å². The van der Waals surface area contributed by atoms with Crippen LogP contribution in [0.5, 0.6) is 0 Å². The maximum Gasteiger partial charge on any atom is 0.523 e. The number of halogens is 3. The lowest BCUT2D eigenvalue weighted by Gasteiger charge is -2.42. The number of amides is 2. The van der Waals surface area contributed by atoms with Crippen molar-refractivity contribution >= 4 is 27.9 Å². The van der Waals surface area contributed by atoms with Gasteiger partial charge in [-0.15, -0.1) is 5.06 Å². The average Bonchev–Trinajstić information content (AvgIpc) is 2.93. The molecule has 2 fully saturated rings. The minimum absolute atomic E-state index is 0.106. The summed E-state index contributed by atoms with van der Waals surface area (Å²) in [6, 6.07) is 0. The van der Waals surface area contributed by atoms with Crippen molar-refractivity contribution < 1.29 is 59.2 Å². The van der Waals surface area contributed by atoms with Crippen molar-refractivity contribution in [3.05, 3.63) is 0 Å². The molecule has 0 N–H and O–H groups in total. The summed E-state index contributed by atoms with van der Waals surface area (Å²) >= 11 is 0. The van der Waals surface area contributed by atoms with E-state index in [0.717, 1.165) is 0 Å². The minimum atomic E-state index is -5.87. The maximum atomic E-state index is 12.5. The number of nitrogens with zero attached hydrogens (tertiary/aromatic N) is 1. The van der Waals surface area contributed by atoms with Crippen molar-refractivity contribution in [2.45, 2.75) is 38.0 Å². The van der Waals surface area contributed by atoms with Gasteiger partial charge in [0.2, 0.25) is 0 Å². The van der Waals surface area contributed by atoms with Gasteiger partial charge < -0.3 is 19.0 Å². The van der Waals surface area contributed by atoms with E-state index in [2.05, 4.69) is 9.02 Å². The highest BCUT2D eigenvalue weighted by Gasteiger charge is 2.50. The van der Waals surface area contributed by atoms with Crippen LogP contribution < -0.4 is 0 Å². The van der Waals surface area contributed by atoms with Crippen molar-refractivity contribution in [3.8, 4) is 0 Å². The Hall–Kier alpha value is -1.81. The third-order valence-corrected chi connectivity index (χ3v) is 5.08. The second kappa shape index (κ2) is 8.74. The van der Waals surface area contributed by atoms with E-state index in [-0.39, 0.29) is 26.1 Å². The molecule has 30 heavy (non-hydrogen) atoms. The standard InChI is InChI=1S/C15H20F3NO10S/c1-13(2)26-7-14(8-27-13,9-28-30(23,24)15(16,17)18)6-25-5-12(22)29-19-10(20)3-4-11(19)21/h3-9H2,1-2H3. The summed E-state index contributed by atoms with van der Waals surface area (Å²) in [7, 11) is -5.87. The van der Waals surface area contributed by atoms with Crippen molar-refractivity contribution in [1.29, 1.82) is 0 Å². The normalized spacial score (nSPS) is 21.7. The molecule has 0 aromatic heterocycles. The van der Waals surface area contributed by atoms with Crippen molar-refractivity contribution in [3.63, 3.8) is 0 Å². The molecule has 0 aliphatic carbocycles. The first-order chi connectivity index (χ1) is 13.7. The molecule has 11 nitrogen and oxygen atoms in total. The first kappa shape index (κ1) is 24.5. The molecule has 2 aliphatic heterocycles. The van der Waals surface area contributed by atoms with Crippen LogP contribution in [0.4, 0.5) is 13.2 Å². The molecule has 172 valence electrons. The Labute approximate surface area is 169 Å². The Balaban J connectivity index is 1.96. The number of rotatable bonds is 8. The van der Waals surface area contributed by atoms with E-state index in [0.29, 0.717) is 5.06 Å². The molecule has 0 atom stereocenters. The predicted molar refractivity (Wildman–Crippen MR) is 87.3 cm³/mol. The predicted octanol–water partition coefficient (Wildman–Crippen LogP) is 0.246. The van der Waals surface area contributed by atoms with Crippen LogP contribution in [0.3, 0.4) is 0 Å². The molecule has 2 aliphatic rings. The fourth-order valence-electron chi connectivity index (χ4n) is 2.35. The van der Waals surface area contributed by atoms with Crippen LogP contribution in [0, 0.1) is 5.41 Å². The van der Waals surface area contributed by atoms with Gasteiger partial charge in [-0.3, -0.25) is 13.8 Å². The second-order valence-corrected chi connectivity index (χ2v) is 8.78. The zero-order chi connectivity index (χ0) is 22.8. The van der Waals surface area contributed by atoms with Gasteiger partial charge in [-0.05, 0) is 13.8 Å². The van der Waals surface area contributed by atoms with Crippen molar-refractivity contribution in [2.24, 2.45) is 5.41 Å². The summed E-state index contributed by atoms with van der Waals surface area (Å²) < 4.78 is 79.8. The van der Waals surface area contributed by atoms with Gasteiger partial charge in [0.1, 0.15) is 6.61 Å². The van der Waals surface area contributed by atoms with E-state index in [1.54, 1.807) is 0 Å². The SMILES string of the molecule is CC1(C)OCC(COCC(=O)ON2C(=O)CCC2=O)(COS(=O)(=O)C(F)(F)F)CO1. The van der Waals surface area contributed by atoms with Crippen molar-refractivity contribution in [1.82, 2.24) is 5.06 Å². The second-order valence-electron chi connectivity index (χ2n) is 7.18. The topological polar surface area (TPSA) is 135 Å². The lowest BCUT2D eigenvalue weighted by Crippen LogP contribution is -2.52. The summed E-state index contributed by atoms with van der Waals surface area (Å²) in [5.41, 5.74) is -7.11. The zero-order valence-corrected chi connectivity index (χ0v) is 16.8. The highest BCUT2D eigenvalue weighted by Crippen LogP contribution is 2.33. The van der Waals surface area contributed by atoms with E-state index >= 15 is 0 Å². The molecule has 0 unspecified atom stereocenters. The van der Waals surface area contributed by atoms with E-state index in [4.69, 9.17) is 14.2 Å². The molecular formula is C15H20F3NO10S. The minimum Gasteiger partial charge on any atom is -0.369 e. The van der Waals surface area contributed by atoms with Crippen LogP contribution >= 0.6 is 0 Å². The van der Waals surface area contributed by atoms with Gasteiger partial charge in [-0.2, -0.15) is 21.6 Å². The first-order valence-corrected chi connectivity index (χ1v) is 9.95. The lowest BCUT2D eigenvalue weighted by molar-refractivity contribution is -0.295. The number of carbonyl (C=O) groups is 3. The highest BCUT2D eigenvalue weighted by atomic mass is 32.2. The van der Waals surface area contributed by atoms with Crippen LogP contribution in [0.1, 0.15) is 26.7 Å². The summed E-state index contributed by atoms with van der Waals surface area (Å²) in [4.78, 5) is 39.1. The lowest BCUT2D eigenvalue weighted by atomic mass is 9.91. The van der Waals surface area contributed by atoms with Crippen LogP contribution in [0.25, 0.3) is 0 Å². The molecule has 2 amide bonds. The molecular weight excluding hydrogens is 443 g/mol. The Morgan fingerprint density at radius 3 is 2.13 bits per heavy atom. The van der Waals surface area contributed by atoms with Gasteiger partial charge >= 0.3 is 21.6 Å². The Morgan fingerprint density at radius 1 is 1.10 bits per heavy atom. The molecule has 0 bridgehead atoms. The molecule has 2 rings (SSSR count). The van der Waals surface area contributed by atoms with Gasteiger partial charge in [0, 0.05) is 12.8 Å². The monoisotopic (exact) mass is 463 g/mol. The fraction of sp³-hybridized carbons (Fsp3) is 0.800. The van der Waals surface area contributed by atoms with E-state index in [1.807, 2.05) is 0 Å². The summed E-state index contributed by atoms with van der Waals surface area (Å²) in [6.07, 6.45) is -0.211. The largest absolute Gasteiger partial charge is 0.523 e. The van der Waals surface area contributed by atoms with Crippen LogP contribution in [0.2, 0.25) is 0 Å². The van der Waals surface area contributed by atoms with Gasteiger partial charge in [-0.1, -0.05) is 0 Å². The quantitative estimate of drug-likeness (QED) is 0.280. The van der Waals surface area contributed by atoms with Gasteiger partial charge in [-0.25, -0.2) is 4.79 Å². The number of imide groups is 1. The van der Waals surface area contributed by atoms with Gasteiger partial charge in [0.15, 0.2) is 5.79 Å². The zero-order valence-electron chi connectivity index (χ0n) is 16.0. The first-order valence-electron chi connectivity index (χ1n) is 8.54. The maximum absolute atomic E-state index is 12.5. The summed E-state index contributed by atoms with van der Waals surface area (Å²) in [5, 5.41) is 0.301. The molecule has 0 radical (unpaired) electrons. The Morgan fingerprint density at radius 2 is 1.63 bits per heavy atom. The molecule has 0 aromatic rings. The molecule has 0 saturated carbocycles. The molecule has 2 saturated heterocycles. The molecule has 0 aromatic carbocycles. The molecule has 15 heteroatoms. The van der Waals surface area contributed by atoms with E-state index in [9.17, 15) is 36.0 Å². The number of alkyl halides is 3. The summed E-state index contributed by atoms with van der Waals surface area (Å²) in [5.74, 6) is -3.60. The number of hydrogen-bond acceptors (Lipinski definition) is 10. The number of hydrogen-bond donors (Lipinski definition) is 0. The van der Waals surface area contributed by atoms with Gasteiger partial charge in [0.05, 0.1) is 31.8 Å². The Kier molecular flexibility index (Phi) is 7.13. The Bertz CT molecular complexity index is 769. The number of carbonyl (C=O) groups excluding carboxylic acids is 3. The van der Waals surface area contributed by atoms with Crippen LogP contribution in [-0.2, 0) is 47.7 Å². The average molecular weight is 463 g/mol. The fourth-order valence-corrected chi connectivity index (χ4v) is 2.89. The third kappa shape index (κ3) is 6.10. The summed E-state index contributed by atoms with van der Waals surface area (Å²) in [6.45, 7) is 0.181. The number of ether oxygens (including phenoxy) is 3. The molecule has 2 heterocycles. The number of hydroxylamine groups is 2. The van der Waals surface area contributed by atoms with Crippen molar-refractivity contribution in [2.75, 3.05) is 33.0 Å². The van der Waals surface area contributed by atoms with E-state index in [1.165, 1.54) is 13.8 Å². The smallest absolute Gasteiger partial charge is 0.369 e. The van der Waals surface area contributed by atoms with Gasteiger partial charge in [0.25, 0.3) is 11.8 Å². The third-order valence-electron chi connectivity index (χ3n) is 4.08. The van der Waals surface area contributed by atoms with E-state index < -0.39 is 64.4 Å².